The van der Waals surface area contributed by atoms with Gasteiger partial charge in [0.1, 0.15) is 0 Å². The Morgan fingerprint density at radius 3 is 2.76 bits per heavy atom. The zero-order chi connectivity index (χ0) is 12.9. The van der Waals surface area contributed by atoms with Gasteiger partial charge in [-0.3, -0.25) is 9.89 Å². The Morgan fingerprint density at radius 1 is 1.53 bits per heavy atom. The van der Waals surface area contributed by atoms with E-state index in [2.05, 4.69) is 36.4 Å². The second kappa shape index (κ2) is 6.12. The highest BCUT2D eigenvalue weighted by Gasteiger charge is 2.30. The van der Waals surface area contributed by atoms with Crippen LogP contribution in [0, 0.1) is 0 Å². The smallest absolute Gasteiger partial charge is 0.0645 e. The van der Waals surface area contributed by atoms with Gasteiger partial charge in [-0.15, -0.1) is 0 Å². The lowest BCUT2D eigenvalue weighted by molar-refractivity contribution is -0.0456. The van der Waals surface area contributed by atoms with Gasteiger partial charge in [-0.25, -0.2) is 0 Å². The molecule has 0 radical (unpaired) electrons. The molecule has 1 fully saturated rings. The summed E-state index contributed by atoms with van der Waals surface area (Å²) in [5.41, 5.74) is 2.16. The fourth-order valence-corrected chi connectivity index (χ4v) is 1.80. The maximum absolute atomic E-state index is 5.52. The second-order valence-corrected chi connectivity index (χ2v) is 5.14. The van der Waals surface area contributed by atoms with Crippen LogP contribution in [0.15, 0.2) is 28.9 Å². The van der Waals surface area contributed by atoms with Crippen LogP contribution < -0.4 is 0 Å². The van der Waals surface area contributed by atoms with Gasteiger partial charge in [0.05, 0.1) is 13.2 Å². The molecule has 1 heterocycles. The van der Waals surface area contributed by atoms with E-state index in [1.807, 2.05) is 20.1 Å². The number of allylic oxidation sites excluding steroid dienone is 2. The SMILES string of the molecule is C=C(C)/N=C\C(=C/C)CN1CCOCC1(C)C. The van der Waals surface area contributed by atoms with Gasteiger partial charge in [-0.05, 0) is 33.3 Å². The van der Waals surface area contributed by atoms with E-state index in [0.717, 1.165) is 32.0 Å². The molecule has 0 atom stereocenters. The van der Waals surface area contributed by atoms with E-state index < -0.39 is 0 Å². The number of morpholine rings is 1. The summed E-state index contributed by atoms with van der Waals surface area (Å²) in [5, 5.41) is 0. The van der Waals surface area contributed by atoms with Crippen LogP contribution in [-0.4, -0.2) is 43.0 Å². The third-order valence-electron chi connectivity index (χ3n) is 3.01. The van der Waals surface area contributed by atoms with E-state index >= 15 is 0 Å². The molecule has 0 aromatic heterocycles. The van der Waals surface area contributed by atoms with Crippen molar-refractivity contribution in [2.45, 2.75) is 33.2 Å². The molecule has 0 unspecified atom stereocenters. The summed E-state index contributed by atoms with van der Waals surface area (Å²) in [6, 6.07) is 0. The van der Waals surface area contributed by atoms with Gasteiger partial charge in [0.15, 0.2) is 0 Å². The molecular weight excluding hydrogens is 212 g/mol. The molecule has 1 aliphatic rings. The molecule has 0 aromatic rings. The van der Waals surface area contributed by atoms with Crippen LogP contribution in [0.4, 0.5) is 0 Å². The first kappa shape index (κ1) is 14.1. The molecule has 0 aromatic carbocycles. The van der Waals surface area contributed by atoms with Gasteiger partial charge in [-0.1, -0.05) is 12.7 Å². The van der Waals surface area contributed by atoms with Crippen molar-refractivity contribution in [1.29, 1.82) is 0 Å². The fourth-order valence-electron chi connectivity index (χ4n) is 1.80. The number of hydrogen-bond acceptors (Lipinski definition) is 3. The molecule has 1 rings (SSSR count). The van der Waals surface area contributed by atoms with Crippen molar-refractivity contribution in [3.05, 3.63) is 23.9 Å². The van der Waals surface area contributed by atoms with Crippen LogP contribution in [-0.2, 0) is 4.74 Å². The lowest BCUT2D eigenvalue weighted by Gasteiger charge is -2.42. The highest BCUT2D eigenvalue weighted by atomic mass is 16.5. The summed E-state index contributed by atoms with van der Waals surface area (Å²) in [4.78, 5) is 6.70. The summed E-state index contributed by atoms with van der Waals surface area (Å²) in [5.74, 6) is 0. The van der Waals surface area contributed by atoms with Crippen molar-refractivity contribution in [3.63, 3.8) is 0 Å². The van der Waals surface area contributed by atoms with Gasteiger partial charge >= 0.3 is 0 Å². The maximum Gasteiger partial charge on any atom is 0.0645 e. The van der Waals surface area contributed by atoms with Crippen LogP contribution in [0.25, 0.3) is 0 Å². The molecular formula is C14H24N2O. The first-order chi connectivity index (χ1) is 7.95. The maximum atomic E-state index is 5.52. The molecule has 17 heavy (non-hydrogen) atoms. The molecule has 3 heteroatoms. The van der Waals surface area contributed by atoms with Crippen molar-refractivity contribution in [1.82, 2.24) is 4.90 Å². The summed E-state index contributed by atoms with van der Waals surface area (Å²) in [6.45, 7) is 15.7. The predicted molar refractivity (Wildman–Crippen MR) is 73.5 cm³/mol. The van der Waals surface area contributed by atoms with Crippen molar-refractivity contribution in [3.8, 4) is 0 Å². The van der Waals surface area contributed by atoms with Crippen molar-refractivity contribution in [2.24, 2.45) is 4.99 Å². The Hall–Kier alpha value is -0.930. The van der Waals surface area contributed by atoms with Crippen LogP contribution in [0.5, 0.6) is 0 Å². The molecule has 0 spiro atoms. The minimum atomic E-state index is 0.101. The van der Waals surface area contributed by atoms with E-state index in [1.54, 1.807) is 0 Å². The Balaban J connectivity index is 2.65. The van der Waals surface area contributed by atoms with Crippen LogP contribution >= 0.6 is 0 Å². The Morgan fingerprint density at radius 2 is 2.24 bits per heavy atom. The molecule has 0 amide bonds. The third-order valence-corrected chi connectivity index (χ3v) is 3.01. The normalized spacial score (nSPS) is 22.0. The minimum Gasteiger partial charge on any atom is -0.378 e. The topological polar surface area (TPSA) is 24.8 Å². The van der Waals surface area contributed by atoms with Crippen LogP contribution in [0.3, 0.4) is 0 Å². The quantitative estimate of drug-likeness (QED) is 0.701. The van der Waals surface area contributed by atoms with Crippen molar-refractivity contribution >= 4 is 6.21 Å². The Labute approximate surface area is 105 Å². The van der Waals surface area contributed by atoms with E-state index in [0.29, 0.717) is 0 Å². The van der Waals surface area contributed by atoms with Crippen LogP contribution in [0.2, 0.25) is 0 Å². The van der Waals surface area contributed by atoms with E-state index in [-0.39, 0.29) is 5.54 Å². The van der Waals surface area contributed by atoms with Crippen LogP contribution in [0.1, 0.15) is 27.7 Å². The number of nitrogens with zero attached hydrogens (tertiary/aromatic N) is 2. The highest BCUT2D eigenvalue weighted by molar-refractivity contribution is 5.79. The minimum absolute atomic E-state index is 0.101. The van der Waals surface area contributed by atoms with Crippen molar-refractivity contribution < 1.29 is 4.74 Å². The molecule has 0 bridgehead atoms. The molecule has 1 aliphatic heterocycles. The average Bonchev–Trinajstić information content (AvgIpc) is 2.25. The predicted octanol–water partition coefficient (Wildman–Crippen LogP) is 2.65. The summed E-state index contributed by atoms with van der Waals surface area (Å²) >= 11 is 0. The monoisotopic (exact) mass is 236 g/mol. The number of hydrogen-bond donors (Lipinski definition) is 0. The Kier molecular flexibility index (Phi) is 5.09. The summed E-state index contributed by atoms with van der Waals surface area (Å²) in [7, 11) is 0. The fraction of sp³-hybridized carbons (Fsp3) is 0.643. The number of ether oxygens (including phenoxy) is 1. The zero-order valence-corrected chi connectivity index (χ0v) is 11.5. The first-order valence-electron chi connectivity index (χ1n) is 6.13. The number of aliphatic imine (C=N–C) groups is 1. The number of rotatable bonds is 4. The zero-order valence-electron chi connectivity index (χ0n) is 11.5. The van der Waals surface area contributed by atoms with Gasteiger partial charge in [0.2, 0.25) is 0 Å². The Bertz CT molecular complexity index is 329. The largest absolute Gasteiger partial charge is 0.378 e. The van der Waals surface area contributed by atoms with Gasteiger partial charge in [0, 0.05) is 30.5 Å². The summed E-state index contributed by atoms with van der Waals surface area (Å²) in [6.07, 6.45) is 4.02. The van der Waals surface area contributed by atoms with Gasteiger partial charge < -0.3 is 4.74 Å². The lowest BCUT2D eigenvalue weighted by atomic mass is 10.0. The molecule has 0 aliphatic carbocycles. The molecule has 1 saturated heterocycles. The third kappa shape index (κ3) is 4.44. The van der Waals surface area contributed by atoms with Crippen molar-refractivity contribution in [2.75, 3.05) is 26.3 Å². The molecule has 96 valence electrons. The molecule has 0 N–H and O–H groups in total. The van der Waals surface area contributed by atoms with E-state index in [9.17, 15) is 0 Å². The highest BCUT2D eigenvalue weighted by Crippen LogP contribution is 2.19. The first-order valence-corrected chi connectivity index (χ1v) is 6.13. The second-order valence-electron chi connectivity index (χ2n) is 5.14. The van der Waals surface area contributed by atoms with E-state index in [4.69, 9.17) is 4.74 Å². The summed E-state index contributed by atoms with van der Waals surface area (Å²) < 4.78 is 5.52. The van der Waals surface area contributed by atoms with Gasteiger partial charge in [-0.2, -0.15) is 0 Å². The standard InChI is InChI=1S/C14H24N2O/c1-6-13(9-15-12(2)3)10-16-7-8-17-11-14(16,4)5/h6,9H,2,7-8,10-11H2,1,3-5H3/b13-6+,15-9-. The molecule has 0 saturated carbocycles. The average molecular weight is 236 g/mol. The molecule has 3 nitrogen and oxygen atoms in total. The lowest BCUT2D eigenvalue weighted by Crippen LogP contribution is -2.53. The van der Waals surface area contributed by atoms with Gasteiger partial charge in [0.25, 0.3) is 0 Å². The van der Waals surface area contributed by atoms with E-state index in [1.165, 1.54) is 5.57 Å².